The zero-order chi connectivity index (χ0) is 12.1. The lowest BCUT2D eigenvalue weighted by molar-refractivity contribution is -0.115. The summed E-state index contributed by atoms with van der Waals surface area (Å²) in [5.74, 6) is -0.00272. The fraction of sp³-hybridized carbons (Fsp3) is 0.462. The van der Waals surface area contributed by atoms with E-state index in [2.05, 4.69) is 10.6 Å². The Balaban J connectivity index is 1.65. The van der Waals surface area contributed by atoms with Crippen molar-refractivity contribution >= 4 is 11.6 Å². The van der Waals surface area contributed by atoms with Gasteiger partial charge in [0.05, 0.1) is 12.6 Å². The second kappa shape index (κ2) is 5.80. The third-order valence-corrected chi connectivity index (χ3v) is 3.04. The van der Waals surface area contributed by atoms with Gasteiger partial charge in [0, 0.05) is 18.8 Å². The molecule has 1 amide bonds. The van der Waals surface area contributed by atoms with E-state index in [1.165, 1.54) is 0 Å². The molecule has 0 spiro atoms. The first-order valence-corrected chi connectivity index (χ1v) is 5.89. The molecular weight excluding hydrogens is 216 g/mol. The Morgan fingerprint density at radius 3 is 2.71 bits per heavy atom. The number of para-hydroxylation sites is 1. The van der Waals surface area contributed by atoms with Crippen LogP contribution in [0.2, 0.25) is 0 Å². The summed E-state index contributed by atoms with van der Waals surface area (Å²) in [6.45, 7) is 0.357. The molecule has 1 aliphatic rings. The number of benzene rings is 1. The van der Waals surface area contributed by atoms with Crippen molar-refractivity contribution in [2.24, 2.45) is 0 Å². The van der Waals surface area contributed by atoms with Gasteiger partial charge in [-0.15, -0.1) is 0 Å². The molecular formula is C13H18N2O2. The third-order valence-electron chi connectivity index (χ3n) is 3.04. The van der Waals surface area contributed by atoms with E-state index in [1.54, 1.807) is 7.11 Å². The van der Waals surface area contributed by atoms with Crippen molar-refractivity contribution in [3.63, 3.8) is 0 Å². The van der Waals surface area contributed by atoms with Crippen LogP contribution in [0.15, 0.2) is 30.3 Å². The minimum atomic E-state index is -0.00272. The molecule has 0 unspecified atom stereocenters. The predicted molar refractivity (Wildman–Crippen MR) is 66.9 cm³/mol. The molecule has 1 aromatic carbocycles. The Labute approximate surface area is 101 Å². The summed E-state index contributed by atoms with van der Waals surface area (Å²) in [7, 11) is 1.73. The van der Waals surface area contributed by atoms with Crippen LogP contribution in [0.1, 0.15) is 12.8 Å². The fourth-order valence-corrected chi connectivity index (χ4v) is 1.89. The van der Waals surface area contributed by atoms with Crippen molar-refractivity contribution < 1.29 is 9.53 Å². The number of anilines is 1. The van der Waals surface area contributed by atoms with E-state index in [0.29, 0.717) is 18.7 Å². The maximum absolute atomic E-state index is 11.6. The van der Waals surface area contributed by atoms with Gasteiger partial charge < -0.3 is 15.4 Å². The quantitative estimate of drug-likeness (QED) is 0.809. The van der Waals surface area contributed by atoms with Crippen molar-refractivity contribution in [3.05, 3.63) is 30.3 Å². The molecule has 0 bridgehead atoms. The number of ether oxygens (including phenoxy) is 1. The molecule has 2 rings (SSSR count). The van der Waals surface area contributed by atoms with Gasteiger partial charge in [0.15, 0.2) is 0 Å². The van der Waals surface area contributed by atoms with Gasteiger partial charge >= 0.3 is 0 Å². The first-order chi connectivity index (χ1) is 8.28. The summed E-state index contributed by atoms with van der Waals surface area (Å²) in [4.78, 5) is 11.6. The molecule has 1 aliphatic carbocycles. The summed E-state index contributed by atoms with van der Waals surface area (Å²) in [5.41, 5.74) is 0.836. The van der Waals surface area contributed by atoms with E-state index in [1.807, 2.05) is 30.3 Å². The van der Waals surface area contributed by atoms with Crippen LogP contribution in [-0.2, 0) is 9.53 Å². The second-order valence-corrected chi connectivity index (χ2v) is 4.32. The van der Waals surface area contributed by atoms with Gasteiger partial charge in [-0.25, -0.2) is 0 Å². The number of amides is 1. The molecule has 0 heterocycles. The molecule has 0 aliphatic heterocycles. The van der Waals surface area contributed by atoms with E-state index < -0.39 is 0 Å². The lowest BCUT2D eigenvalue weighted by Crippen LogP contribution is -2.47. The van der Waals surface area contributed by atoms with E-state index in [4.69, 9.17) is 4.74 Å². The molecule has 4 heteroatoms. The van der Waals surface area contributed by atoms with Crippen molar-refractivity contribution in [1.29, 1.82) is 0 Å². The summed E-state index contributed by atoms with van der Waals surface area (Å²) < 4.78 is 5.18. The van der Waals surface area contributed by atoms with Crippen LogP contribution in [0.3, 0.4) is 0 Å². The maximum Gasteiger partial charge on any atom is 0.238 e. The van der Waals surface area contributed by atoms with Crippen LogP contribution < -0.4 is 10.6 Å². The number of carbonyl (C=O) groups is 1. The van der Waals surface area contributed by atoms with Crippen LogP contribution in [0.5, 0.6) is 0 Å². The molecule has 1 aromatic rings. The lowest BCUT2D eigenvalue weighted by atomic mass is 9.89. The average molecular weight is 234 g/mol. The predicted octanol–water partition coefficient (Wildman–Crippen LogP) is 1.39. The van der Waals surface area contributed by atoms with E-state index >= 15 is 0 Å². The van der Waals surface area contributed by atoms with Gasteiger partial charge in [0.1, 0.15) is 0 Å². The zero-order valence-electron chi connectivity index (χ0n) is 9.98. The Bertz CT molecular complexity index is 361. The van der Waals surface area contributed by atoms with Crippen molar-refractivity contribution in [2.45, 2.75) is 25.0 Å². The lowest BCUT2D eigenvalue weighted by Gasteiger charge is -2.34. The molecule has 0 aromatic heterocycles. The summed E-state index contributed by atoms with van der Waals surface area (Å²) in [6, 6.07) is 9.90. The van der Waals surface area contributed by atoms with E-state index in [9.17, 15) is 4.79 Å². The highest BCUT2D eigenvalue weighted by atomic mass is 16.5. The summed E-state index contributed by atoms with van der Waals surface area (Å²) >= 11 is 0. The SMILES string of the molecule is COC1CC(NCC(=O)Nc2ccccc2)C1. The molecule has 1 saturated carbocycles. The number of hydrogen-bond acceptors (Lipinski definition) is 3. The molecule has 17 heavy (non-hydrogen) atoms. The van der Waals surface area contributed by atoms with Crippen LogP contribution in [0.4, 0.5) is 5.69 Å². The number of carbonyl (C=O) groups excluding carboxylic acids is 1. The Morgan fingerprint density at radius 2 is 2.06 bits per heavy atom. The van der Waals surface area contributed by atoms with Gasteiger partial charge in [0.2, 0.25) is 5.91 Å². The Hall–Kier alpha value is -1.39. The topological polar surface area (TPSA) is 50.4 Å². The maximum atomic E-state index is 11.6. The van der Waals surface area contributed by atoms with Crippen LogP contribution >= 0.6 is 0 Å². The van der Waals surface area contributed by atoms with E-state index in [-0.39, 0.29) is 5.91 Å². The Kier molecular flexibility index (Phi) is 4.12. The number of hydrogen-bond donors (Lipinski definition) is 2. The first kappa shape index (κ1) is 12.1. The van der Waals surface area contributed by atoms with Gasteiger partial charge in [0.25, 0.3) is 0 Å². The van der Waals surface area contributed by atoms with Crippen LogP contribution in [0.25, 0.3) is 0 Å². The Morgan fingerprint density at radius 1 is 1.35 bits per heavy atom. The van der Waals surface area contributed by atoms with Crippen molar-refractivity contribution in [1.82, 2.24) is 5.32 Å². The monoisotopic (exact) mass is 234 g/mol. The molecule has 2 N–H and O–H groups in total. The average Bonchev–Trinajstić information content (AvgIpc) is 2.28. The summed E-state index contributed by atoms with van der Waals surface area (Å²) in [6.07, 6.45) is 2.36. The molecule has 92 valence electrons. The minimum absolute atomic E-state index is 0.00272. The van der Waals surface area contributed by atoms with Gasteiger partial charge in [-0.3, -0.25) is 4.79 Å². The number of nitrogens with one attached hydrogen (secondary N) is 2. The minimum Gasteiger partial charge on any atom is -0.381 e. The molecule has 0 atom stereocenters. The van der Waals surface area contributed by atoms with Gasteiger partial charge in [-0.05, 0) is 25.0 Å². The first-order valence-electron chi connectivity index (χ1n) is 5.89. The van der Waals surface area contributed by atoms with Gasteiger partial charge in [-0.1, -0.05) is 18.2 Å². The normalized spacial score (nSPS) is 22.9. The highest BCUT2D eigenvalue weighted by Gasteiger charge is 2.28. The van der Waals surface area contributed by atoms with Crippen molar-refractivity contribution in [3.8, 4) is 0 Å². The van der Waals surface area contributed by atoms with Crippen LogP contribution in [-0.4, -0.2) is 31.7 Å². The molecule has 0 radical (unpaired) electrons. The fourth-order valence-electron chi connectivity index (χ4n) is 1.89. The summed E-state index contributed by atoms with van der Waals surface area (Å²) in [5, 5.41) is 6.05. The zero-order valence-corrected chi connectivity index (χ0v) is 9.98. The van der Waals surface area contributed by atoms with Crippen molar-refractivity contribution in [2.75, 3.05) is 19.0 Å². The molecule has 1 fully saturated rings. The number of methoxy groups -OCH3 is 1. The smallest absolute Gasteiger partial charge is 0.238 e. The third kappa shape index (κ3) is 3.54. The van der Waals surface area contributed by atoms with Gasteiger partial charge in [-0.2, -0.15) is 0 Å². The van der Waals surface area contributed by atoms with E-state index in [0.717, 1.165) is 18.5 Å². The standard InChI is InChI=1S/C13H18N2O2/c1-17-12-7-11(8-12)14-9-13(16)15-10-5-3-2-4-6-10/h2-6,11-12,14H,7-9H2,1H3,(H,15,16). The van der Waals surface area contributed by atoms with Crippen LogP contribution in [0, 0.1) is 0 Å². The highest BCUT2D eigenvalue weighted by Crippen LogP contribution is 2.22. The number of rotatable bonds is 5. The second-order valence-electron chi connectivity index (χ2n) is 4.32. The molecule has 0 saturated heterocycles. The molecule has 4 nitrogen and oxygen atoms in total. The highest BCUT2D eigenvalue weighted by molar-refractivity contribution is 5.92. The largest absolute Gasteiger partial charge is 0.381 e.